The topological polar surface area (TPSA) is 217 Å². The number of benzene rings is 6. The Hall–Kier alpha value is -7.93. The summed E-state index contributed by atoms with van der Waals surface area (Å²) in [6.07, 6.45) is 0. The molecule has 0 N–H and O–H groups in total. The van der Waals surface area contributed by atoms with Gasteiger partial charge in [0.25, 0.3) is 0 Å². The van der Waals surface area contributed by atoms with Crippen LogP contribution >= 0.6 is 24.6 Å². The van der Waals surface area contributed by atoms with E-state index in [9.17, 15) is 31.6 Å². The van der Waals surface area contributed by atoms with Crippen molar-refractivity contribution in [2.75, 3.05) is 0 Å². The average molecular weight is 844 g/mol. The second-order valence-electron chi connectivity index (χ2n) is 11.8. The van der Waals surface area contributed by atoms with E-state index >= 15 is 0 Å². The maximum absolute atomic E-state index is 10.3. The maximum Gasteiger partial charge on any atom is 0.447 e. The van der Waals surface area contributed by atoms with Gasteiger partial charge in [0.1, 0.15) is 59.4 Å². The number of nitriles is 6. The van der Waals surface area contributed by atoms with Gasteiger partial charge in [-0.3, -0.25) is 0 Å². The molecule has 18 heteroatoms. The fourth-order valence-corrected chi connectivity index (χ4v) is 12.8. The average Bonchev–Trinajstić information content (AvgIpc) is 3.29. The molecule has 0 saturated carbocycles. The summed E-state index contributed by atoms with van der Waals surface area (Å²) in [4.78, 5) is 13.3. The summed E-state index contributed by atoms with van der Waals surface area (Å²) < 4.78 is 34.5. The van der Waals surface area contributed by atoms with E-state index in [0.717, 1.165) is 4.60 Å². The molecule has 0 spiro atoms. The molecule has 0 bridgehead atoms. The van der Waals surface area contributed by atoms with E-state index in [0.29, 0.717) is 0 Å². The molecule has 1 aliphatic rings. The lowest BCUT2D eigenvalue weighted by atomic mass is 10.2. The molecule has 7 rings (SSSR count). The predicted octanol–water partition coefficient (Wildman–Crippen LogP) is 10.5. The molecule has 0 amide bonds. The van der Waals surface area contributed by atoms with E-state index in [-0.39, 0.29) is 67.9 Å². The molecule has 2 atom stereocenters. The predicted molar refractivity (Wildman–Crippen MR) is 218 cm³/mol. The van der Waals surface area contributed by atoms with Crippen molar-refractivity contribution in [1.29, 1.82) is 31.6 Å². The van der Waals surface area contributed by atoms with Crippen LogP contribution in [0.2, 0.25) is 0 Å². The van der Waals surface area contributed by atoms with Crippen LogP contribution in [0.15, 0.2) is 150 Å². The Morgan fingerprint density at radius 1 is 0.400 bits per heavy atom. The minimum Gasteiger partial charge on any atom is -0.439 e. The van der Waals surface area contributed by atoms with Gasteiger partial charge in [0, 0.05) is 9.21 Å². The van der Waals surface area contributed by atoms with Crippen LogP contribution in [-0.2, 0) is 0 Å². The molecular formula is C42H24N9O6P3. The highest BCUT2D eigenvalue weighted by atomic mass is 31.3. The summed E-state index contributed by atoms with van der Waals surface area (Å²) in [5.41, 5.74) is 0.487. The standard InChI is InChI=1S/C42H24N9O6P3/c43-25-31-13-1-7-19-37(31)52-50-58(54-39-21-9-3-15-33(39)27-45)49-60(56-41-23-11-5-17-35(41)29-47,57-42-24-12-6-18-36(42)30-48)51(53-38-20-8-2-14-32(38)26-44)59(50)55-40-22-10-4-16-34(40)28-46/h1-24H. The van der Waals surface area contributed by atoms with Gasteiger partial charge in [-0.2, -0.15) is 31.6 Å². The zero-order chi connectivity index (χ0) is 41.9. The van der Waals surface area contributed by atoms with Crippen molar-refractivity contribution in [2.24, 2.45) is 4.52 Å². The first-order valence-electron chi connectivity index (χ1n) is 17.3. The Labute approximate surface area is 346 Å². The monoisotopic (exact) mass is 843 g/mol. The van der Waals surface area contributed by atoms with Crippen molar-refractivity contribution in [1.82, 2.24) is 9.21 Å². The van der Waals surface area contributed by atoms with Crippen molar-refractivity contribution in [3.63, 3.8) is 0 Å². The number of para-hydroxylation sites is 6. The summed E-state index contributed by atoms with van der Waals surface area (Å²) in [7, 11) is -10.1. The van der Waals surface area contributed by atoms with Gasteiger partial charge < -0.3 is 27.8 Å². The molecule has 60 heavy (non-hydrogen) atoms. The quantitative estimate of drug-likeness (QED) is 0.105. The number of hydrogen-bond acceptors (Lipinski definition) is 15. The highest BCUT2D eigenvalue weighted by molar-refractivity contribution is 7.78. The zero-order valence-electron chi connectivity index (χ0n) is 30.7. The van der Waals surface area contributed by atoms with E-state index < -0.39 is 24.6 Å². The van der Waals surface area contributed by atoms with Gasteiger partial charge in [-0.25, -0.2) is 0 Å². The smallest absolute Gasteiger partial charge is 0.439 e. The lowest BCUT2D eigenvalue weighted by molar-refractivity contribution is 0.0541. The summed E-state index contributed by atoms with van der Waals surface area (Å²) in [6, 6.07) is 50.4. The Morgan fingerprint density at radius 2 is 0.717 bits per heavy atom. The highest BCUT2D eigenvalue weighted by Crippen LogP contribution is 2.78. The van der Waals surface area contributed by atoms with Gasteiger partial charge in [0.05, 0.1) is 33.4 Å². The van der Waals surface area contributed by atoms with E-state index in [1.807, 2.05) is 0 Å². The maximum atomic E-state index is 10.3. The summed E-state index contributed by atoms with van der Waals surface area (Å²) in [6.45, 7) is 0. The van der Waals surface area contributed by atoms with E-state index in [2.05, 4.69) is 36.4 Å². The first-order chi connectivity index (χ1) is 29.4. The molecule has 2 unspecified atom stereocenters. The van der Waals surface area contributed by atoms with Crippen LogP contribution in [0.25, 0.3) is 0 Å². The third-order valence-corrected chi connectivity index (χ3v) is 14.8. The van der Waals surface area contributed by atoms with Crippen LogP contribution in [-0.4, -0.2) is 9.21 Å². The van der Waals surface area contributed by atoms with Crippen molar-refractivity contribution >= 4 is 24.6 Å². The second-order valence-corrected chi connectivity index (χ2v) is 17.3. The summed E-state index contributed by atoms with van der Waals surface area (Å²) in [5.74, 6) is 0.0200. The number of nitrogens with zero attached hydrogens (tertiary/aromatic N) is 9. The largest absolute Gasteiger partial charge is 0.447 e. The first-order valence-corrected chi connectivity index (χ1v) is 21.2. The Balaban J connectivity index is 1.60. The SMILES string of the molecule is N#Cc1ccccc1ON1P(Oc2ccccc2C#N)N=P(Oc2ccccc2C#N)(Oc2ccccc2C#N)N(Oc2ccccc2C#N)P1Oc1ccccc1C#N. The van der Waals surface area contributed by atoms with Gasteiger partial charge in [-0.15, -0.1) is 4.52 Å². The van der Waals surface area contributed by atoms with Crippen LogP contribution in [0, 0.1) is 68.0 Å². The fraction of sp³-hybridized carbons (Fsp3) is 0. The Bertz CT molecular complexity index is 2850. The normalized spacial score (nSPS) is 15.4. The molecular weight excluding hydrogens is 819 g/mol. The van der Waals surface area contributed by atoms with Crippen molar-refractivity contribution < 1.29 is 27.8 Å². The Kier molecular flexibility index (Phi) is 12.5. The molecule has 0 fully saturated rings. The van der Waals surface area contributed by atoms with Crippen LogP contribution in [0.4, 0.5) is 0 Å². The van der Waals surface area contributed by atoms with E-state index in [4.69, 9.17) is 32.3 Å². The van der Waals surface area contributed by atoms with Crippen LogP contribution in [0.5, 0.6) is 34.5 Å². The molecule has 0 radical (unpaired) electrons. The van der Waals surface area contributed by atoms with E-state index in [1.54, 1.807) is 72.8 Å². The van der Waals surface area contributed by atoms with Gasteiger partial charge in [0.15, 0.2) is 11.5 Å². The third-order valence-electron chi connectivity index (χ3n) is 8.04. The van der Waals surface area contributed by atoms with E-state index in [1.165, 1.54) is 77.4 Å². The van der Waals surface area contributed by atoms with Gasteiger partial charge in [-0.05, 0) is 72.8 Å². The number of hydrogen-bond donors (Lipinski definition) is 0. The fourth-order valence-electron chi connectivity index (χ4n) is 5.24. The van der Waals surface area contributed by atoms with Crippen molar-refractivity contribution in [3.05, 3.63) is 179 Å². The first kappa shape index (κ1) is 40.3. The van der Waals surface area contributed by atoms with Crippen LogP contribution < -0.4 is 27.8 Å². The minimum absolute atomic E-state index is 0.0256. The zero-order valence-corrected chi connectivity index (χ0v) is 33.4. The summed E-state index contributed by atoms with van der Waals surface area (Å²) in [5, 5.41) is 61.3. The molecule has 15 nitrogen and oxygen atoms in total. The lowest BCUT2D eigenvalue weighted by Gasteiger charge is -2.44. The van der Waals surface area contributed by atoms with Crippen molar-refractivity contribution in [2.45, 2.75) is 0 Å². The second kappa shape index (κ2) is 18.6. The third kappa shape index (κ3) is 8.50. The molecule has 0 aromatic heterocycles. The molecule has 1 heterocycles. The van der Waals surface area contributed by atoms with Crippen molar-refractivity contribution in [3.8, 4) is 70.9 Å². The highest BCUT2D eigenvalue weighted by Gasteiger charge is 2.59. The Morgan fingerprint density at radius 3 is 1.13 bits per heavy atom. The lowest BCUT2D eigenvalue weighted by Crippen LogP contribution is -2.37. The van der Waals surface area contributed by atoms with Gasteiger partial charge in [-0.1, -0.05) is 72.8 Å². The molecule has 6 aromatic carbocycles. The van der Waals surface area contributed by atoms with Crippen LogP contribution in [0.3, 0.4) is 0 Å². The van der Waals surface area contributed by atoms with Gasteiger partial charge in [0.2, 0.25) is 0 Å². The molecule has 0 saturated heterocycles. The van der Waals surface area contributed by atoms with Gasteiger partial charge >= 0.3 is 24.6 Å². The number of rotatable bonds is 12. The molecule has 0 aliphatic carbocycles. The molecule has 288 valence electrons. The van der Waals surface area contributed by atoms with Crippen LogP contribution in [0.1, 0.15) is 33.4 Å². The molecule has 1 aliphatic heterocycles. The molecule has 6 aromatic rings. The minimum atomic E-state index is -4.53. The summed E-state index contributed by atoms with van der Waals surface area (Å²) >= 11 is 0.